The number of benzene rings is 2. The van der Waals surface area contributed by atoms with Crippen LogP contribution in [0.15, 0.2) is 58.5 Å². The molecule has 4 nitrogen and oxygen atoms in total. The van der Waals surface area contributed by atoms with E-state index in [-0.39, 0.29) is 10.7 Å². The molecule has 3 rings (SSSR count). The zero-order valence-corrected chi connectivity index (χ0v) is 12.7. The van der Waals surface area contributed by atoms with Gasteiger partial charge in [-0.25, -0.2) is 4.41 Å². The van der Waals surface area contributed by atoms with E-state index in [0.29, 0.717) is 11.1 Å². The fourth-order valence-corrected chi connectivity index (χ4v) is 3.71. The standard InChI is InChI=1S/C17H12N4S/c1-21-20-17(15-6-2-13(10-18)3-7-15)12-22(21)16-8-4-14(11-19)5-9-16/h2-9,12H,1H3. The minimum absolute atomic E-state index is 0.253. The molecule has 2 aromatic rings. The van der Waals surface area contributed by atoms with Gasteiger partial charge in [0.1, 0.15) is 0 Å². The summed E-state index contributed by atoms with van der Waals surface area (Å²) in [6.45, 7) is 0. The van der Waals surface area contributed by atoms with E-state index in [9.17, 15) is 0 Å². The van der Waals surface area contributed by atoms with Gasteiger partial charge < -0.3 is 0 Å². The molecule has 0 N–H and O–H groups in total. The molecule has 0 bridgehead atoms. The highest BCUT2D eigenvalue weighted by Crippen LogP contribution is 2.33. The predicted octanol–water partition coefficient (Wildman–Crippen LogP) is 3.12. The molecule has 1 aliphatic rings. The molecule has 0 amide bonds. The zero-order chi connectivity index (χ0) is 15.5. The number of hydrazone groups is 1. The van der Waals surface area contributed by atoms with Gasteiger partial charge in [-0.15, -0.1) is 0 Å². The normalized spacial score (nSPS) is 16.4. The Morgan fingerprint density at radius 2 is 1.45 bits per heavy atom. The summed E-state index contributed by atoms with van der Waals surface area (Å²) >= 11 is 0. The van der Waals surface area contributed by atoms with E-state index in [1.54, 1.807) is 12.1 Å². The Morgan fingerprint density at radius 3 is 2.00 bits per heavy atom. The molecular formula is C17H12N4S. The summed E-state index contributed by atoms with van der Waals surface area (Å²) in [5, 5.41) is 24.4. The van der Waals surface area contributed by atoms with Gasteiger partial charge in [-0.2, -0.15) is 15.6 Å². The summed E-state index contributed by atoms with van der Waals surface area (Å²) in [6.07, 6.45) is 0. The summed E-state index contributed by atoms with van der Waals surface area (Å²) in [7, 11) is 1.69. The summed E-state index contributed by atoms with van der Waals surface area (Å²) in [6, 6.07) is 19.2. The summed E-state index contributed by atoms with van der Waals surface area (Å²) < 4.78 is 1.93. The number of rotatable bonds is 2. The van der Waals surface area contributed by atoms with Crippen LogP contribution in [0.4, 0.5) is 0 Å². The first-order valence-corrected chi connectivity index (χ1v) is 7.87. The second-order valence-electron chi connectivity index (χ2n) is 4.71. The fraction of sp³-hybridized carbons (Fsp3) is 0.0588. The minimum Gasteiger partial charge on any atom is -0.244 e. The number of nitriles is 2. The van der Waals surface area contributed by atoms with E-state index in [1.807, 2.05) is 47.9 Å². The van der Waals surface area contributed by atoms with E-state index in [0.717, 1.165) is 16.2 Å². The Balaban J connectivity index is 1.92. The van der Waals surface area contributed by atoms with Crippen molar-refractivity contribution in [3.8, 4) is 12.1 Å². The molecule has 1 atom stereocenters. The van der Waals surface area contributed by atoms with Gasteiger partial charge in [0.25, 0.3) is 0 Å². The average Bonchev–Trinajstić information content (AvgIpc) is 2.97. The van der Waals surface area contributed by atoms with Gasteiger partial charge in [-0.1, -0.05) is 12.1 Å². The summed E-state index contributed by atoms with van der Waals surface area (Å²) in [5.41, 5.74) is 3.19. The van der Waals surface area contributed by atoms with E-state index >= 15 is 0 Å². The van der Waals surface area contributed by atoms with Crippen molar-refractivity contribution in [2.75, 3.05) is 7.05 Å². The molecule has 1 heterocycles. The molecule has 22 heavy (non-hydrogen) atoms. The first kappa shape index (κ1) is 14.1. The monoisotopic (exact) mass is 304 g/mol. The van der Waals surface area contributed by atoms with E-state index in [2.05, 4.69) is 22.6 Å². The quantitative estimate of drug-likeness (QED) is 0.801. The van der Waals surface area contributed by atoms with Gasteiger partial charge in [0.05, 0.1) is 29.0 Å². The number of nitrogens with zero attached hydrogens (tertiary/aromatic N) is 4. The van der Waals surface area contributed by atoms with Crippen molar-refractivity contribution < 1.29 is 0 Å². The molecule has 0 aromatic heterocycles. The van der Waals surface area contributed by atoms with Crippen LogP contribution in [0.1, 0.15) is 16.7 Å². The van der Waals surface area contributed by atoms with Crippen LogP contribution in [0.5, 0.6) is 0 Å². The van der Waals surface area contributed by atoms with Crippen molar-refractivity contribution in [1.29, 1.82) is 10.5 Å². The second kappa shape index (κ2) is 5.85. The van der Waals surface area contributed by atoms with Crippen molar-refractivity contribution in [2.45, 2.75) is 4.90 Å². The molecular weight excluding hydrogens is 292 g/mol. The predicted molar refractivity (Wildman–Crippen MR) is 88.5 cm³/mol. The average molecular weight is 304 g/mol. The van der Waals surface area contributed by atoms with Crippen molar-refractivity contribution in [1.82, 2.24) is 4.41 Å². The highest BCUT2D eigenvalue weighted by Gasteiger charge is 2.15. The molecule has 2 aromatic carbocycles. The number of hydrogen-bond acceptors (Lipinski definition) is 4. The minimum atomic E-state index is -0.253. The molecule has 1 aliphatic heterocycles. The lowest BCUT2D eigenvalue weighted by molar-refractivity contribution is 0.619. The largest absolute Gasteiger partial charge is 0.244 e. The molecule has 0 aliphatic carbocycles. The van der Waals surface area contributed by atoms with Crippen LogP contribution in [0, 0.1) is 22.7 Å². The summed E-state index contributed by atoms with van der Waals surface area (Å²) in [4.78, 5) is 1.12. The maximum atomic E-state index is 8.87. The fourth-order valence-electron chi connectivity index (χ4n) is 2.13. The van der Waals surface area contributed by atoms with Crippen molar-refractivity contribution in [2.24, 2.45) is 5.10 Å². The highest BCUT2D eigenvalue weighted by molar-refractivity contribution is 8.14. The lowest BCUT2D eigenvalue weighted by Crippen LogP contribution is -2.01. The maximum Gasteiger partial charge on any atom is 0.0991 e. The highest BCUT2D eigenvalue weighted by atomic mass is 32.2. The third-order valence-electron chi connectivity index (χ3n) is 3.29. The third-order valence-corrected chi connectivity index (χ3v) is 5.14. The van der Waals surface area contributed by atoms with Gasteiger partial charge in [-0.05, 0) is 47.1 Å². The Hall–Kier alpha value is -2.89. The Kier molecular flexibility index (Phi) is 3.74. The van der Waals surface area contributed by atoms with Gasteiger partial charge in [0.2, 0.25) is 0 Å². The molecule has 106 valence electrons. The Bertz CT molecular complexity index is 850. The molecule has 0 spiro atoms. The van der Waals surface area contributed by atoms with Gasteiger partial charge in [-0.3, -0.25) is 0 Å². The molecule has 0 fully saturated rings. The van der Waals surface area contributed by atoms with Gasteiger partial charge in [0.15, 0.2) is 0 Å². The van der Waals surface area contributed by atoms with Crippen LogP contribution < -0.4 is 0 Å². The van der Waals surface area contributed by atoms with Crippen LogP contribution in [-0.4, -0.2) is 22.5 Å². The topological polar surface area (TPSA) is 63.2 Å². The van der Waals surface area contributed by atoms with E-state index in [1.165, 1.54) is 0 Å². The molecule has 0 saturated heterocycles. The molecule has 0 saturated carbocycles. The second-order valence-corrected chi connectivity index (χ2v) is 6.57. The smallest absolute Gasteiger partial charge is 0.0991 e. The van der Waals surface area contributed by atoms with Crippen molar-refractivity contribution >= 4 is 21.7 Å². The number of hydrogen-bond donors (Lipinski definition) is 0. The van der Waals surface area contributed by atoms with Gasteiger partial charge in [0, 0.05) is 22.9 Å². The van der Waals surface area contributed by atoms with Crippen molar-refractivity contribution in [3.63, 3.8) is 0 Å². The first-order chi connectivity index (χ1) is 10.7. The Labute approximate surface area is 131 Å². The zero-order valence-electron chi connectivity index (χ0n) is 11.9. The van der Waals surface area contributed by atoms with Crippen LogP contribution in [-0.2, 0) is 0 Å². The van der Waals surface area contributed by atoms with Crippen LogP contribution in [0.25, 0.3) is 0 Å². The first-order valence-electron chi connectivity index (χ1n) is 6.62. The van der Waals surface area contributed by atoms with E-state index in [4.69, 9.17) is 10.5 Å². The van der Waals surface area contributed by atoms with Gasteiger partial charge >= 0.3 is 0 Å². The third kappa shape index (κ3) is 2.63. The lowest BCUT2D eigenvalue weighted by atomic mass is 10.1. The van der Waals surface area contributed by atoms with Crippen LogP contribution in [0.2, 0.25) is 0 Å². The lowest BCUT2D eigenvalue weighted by Gasteiger charge is -2.13. The summed E-state index contributed by atoms with van der Waals surface area (Å²) in [5.74, 6) is 0. The van der Waals surface area contributed by atoms with Crippen LogP contribution in [0.3, 0.4) is 0 Å². The molecule has 0 radical (unpaired) electrons. The maximum absolute atomic E-state index is 8.87. The molecule has 5 heteroatoms. The Morgan fingerprint density at radius 1 is 0.909 bits per heavy atom. The van der Waals surface area contributed by atoms with Crippen LogP contribution >= 0.6 is 10.7 Å². The molecule has 1 unspecified atom stereocenters. The van der Waals surface area contributed by atoms with E-state index < -0.39 is 0 Å². The SMILES string of the molecule is CN1N=C(c2ccc(C#N)cc2)C=S1c1ccc(C#N)cc1. The van der Waals surface area contributed by atoms with Crippen molar-refractivity contribution in [3.05, 3.63) is 65.2 Å².